The highest BCUT2D eigenvalue weighted by atomic mass is 19.1. The zero-order chi connectivity index (χ0) is 14.4. The highest BCUT2D eigenvalue weighted by Gasteiger charge is 2.18. The lowest BCUT2D eigenvalue weighted by molar-refractivity contribution is -0.125. The van der Waals surface area contributed by atoms with Gasteiger partial charge in [0, 0.05) is 18.7 Å². The summed E-state index contributed by atoms with van der Waals surface area (Å²) in [5.41, 5.74) is 5.68. The molecule has 0 fully saturated rings. The van der Waals surface area contributed by atoms with Crippen LogP contribution in [0.1, 0.15) is 25.8 Å². The highest BCUT2D eigenvalue weighted by molar-refractivity contribution is 5.78. The molecule has 0 bridgehead atoms. The molecule has 0 saturated carbocycles. The molecule has 3 N–H and O–H groups in total. The molecule has 0 saturated heterocycles. The molecule has 0 radical (unpaired) electrons. The minimum absolute atomic E-state index is 0.0307. The van der Waals surface area contributed by atoms with Crippen LogP contribution in [-0.2, 0) is 11.3 Å². The molecule has 19 heavy (non-hydrogen) atoms. The van der Waals surface area contributed by atoms with Crippen molar-refractivity contribution in [1.82, 2.24) is 5.32 Å². The second kappa shape index (κ2) is 7.19. The average Bonchev–Trinajstić information content (AvgIpc) is 2.36. The molecule has 3 nitrogen and oxygen atoms in total. The third-order valence-corrected chi connectivity index (χ3v) is 2.87. The van der Waals surface area contributed by atoms with E-state index >= 15 is 0 Å². The lowest BCUT2D eigenvalue weighted by Gasteiger charge is -2.17. The van der Waals surface area contributed by atoms with Crippen molar-refractivity contribution in [1.29, 1.82) is 0 Å². The van der Waals surface area contributed by atoms with Gasteiger partial charge in [0.2, 0.25) is 5.91 Å². The van der Waals surface area contributed by atoms with Gasteiger partial charge in [-0.25, -0.2) is 8.78 Å². The van der Waals surface area contributed by atoms with Crippen molar-refractivity contribution in [3.63, 3.8) is 0 Å². The summed E-state index contributed by atoms with van der Waals surface area (Å²) in [5, 5.41) is 2.60. The number of halogens is 2. The third kappa shape index (κ3) is 4.95. The number of hydrogen-bond acceptors (Lipinski definition) is 2. The minimum Gasteiger partial charge on any atom is -0.352 e. The molecule has 0 aliphatic rings. The highest BCUT2D eigenvalue weighted by Crippen LogP contribution is 2.12. The fraction of sp³-hybridized carbons (Fsp3) is 0.500. The van der Waals surface area contributed by atoms with Crippen molar-refractivity contribution in [3.05, 3.63) is 35.4 Å². The number of rotatable bonds is 6. The van der Waals surface area contributed by atoms with Crippen LogP contribution in [0, 0.1) is 23.5 Å². The standard InChI is InChI=1S/C14H20F2N2O/c1-9(2)5-10(7-17)14(19)18-8-11-6-12(15)3-4-13(11)16/h3-4,6,9-10H,5,7-8,17H2,1-2H3,(H,18,19). The van der Waals surface area contributed by atoms with E-state index in [0.29, 0.717) is 12.3 Å². The maximum Gasteiger partial charge on any atom is 0.224 e. The van der Waals surface area contributed by atoms with Gasteiger partial charge in [0.15, 0.2) is 0 Å². The summed E-state index contributed by atoms with van der Waals surface area (Å²) in [6, 6.07) is 3.17. The van der Waals surface area contributed by atoms with E-state index in [9.17, 15) is 13.6 Å². The van der Waals surface area contributed by atoms with Gasteiger partial charge in [0.25, 0.3) is 0 Å². The molecular weight excluding hydrogens is 250 g/mol. The largest absolute Gasteiger partial charge is 0.352 e. The van der Waals surface area contributed by atoms with Crippen molar-refractivity contribution in [2.45, 2.75) is 26.8 Å². The average molecular weight is 270 g/mol. The zero-order valence-electron chi connectivity index (χ0n) is 11.2. The van der Waals surface area contributed by atoms with E-state index in [1.807, 2.05) is 13.8 Å². The molecule has 1 amide bonds. The number of carbonyl (C=O) groups is 1. The molecule has 0 aromatic heterocycles. The molecule has 1 atom stereocenters. The number of hydrogen-bond donors (Lipinski definition) is 2. The molecule has 106 valence electrons. The fourth-order valence-corrected chi connectivity index (χ4v) is 1.88. The van der Waals surface area contributed by atoms with Crippen molar-refractivity contribution in [2.75, 3.05) is 6.54 Å². The Labute approximate surface area is 112 Å². The van der Waals surface area contributed by atoms with E-state index in [2.05, 4.69) is 5.32 Å². The minimum atomic E-state index is -0.533. The normalized spacial score (nSPS) is 12.5. The molecule has 1 aromatic carbocycles. The van der Waals surface area contributed by atoms with E-state index in [1.165, 1.54) is 0 Å². The van der Waals surface area contributed by atoms with Gasteiger partial charge in [-0.3, -0.25) is 4.79 Å². The van der Waals surface area contributed by atoms with Crippen LogP contribution in [0.25, 0.3) is 0 Å². The first kappa shape index (κ1) is 15.6. The van der Waals surface area contributed by atoms with E-state index in [0.717, 1.165) is 18.2 Å². The van der Waals surface area contributed by atoms with Gasteiger partial charge >= 0.3 is 0 Å². The van der Waals surface area contributed by atoms with Crippen molar-refractivity contribution in [3.8, 4) is 0 Å². The Kier molecular flexibility index (Phi) is 5.89. The first-order chi connectivity index (χ1) is 8.93. The fourth-order valence-electron chi connectivity index (χ4n) is 1.88. The second-order valence-corrected chi connectivity index (χ2v) is 5.02. The molecular formula is C14H20F2N2O. The van der Waals surface area contributed by atoms with E-state index < -0.39 is 11.6 Å². The number of benzene rings is 1. The van der Waals surface area contributed by atoms with Crippen LogP contribution in [0.3, 0.4) is 0 Å². The van der Waals surface area contributed by atoms with E-state index in [4.69, 9.17) is 5.73 Å². The summed E-state index contributed by atoms with van der Waals surface area (Å²) < 4.78 is 26.3. The summed E-state index contributed by atoms with van der Waals surface area (Å²) >= 11 is 0. The first-order valence-corrected chi connectivity index (χ1v) is 6.35. The number of amides is 1. The number of nitrogens with two attached hydrogens (primary N) is 1. The quantitative estimate of drug-likeness (QED) is 0.832. The number of carbonyl (C=O) groups excluding carboxylic acids is 1. The molecule has 0 aliphatic carbocycles. The maximum atomic E-state index is 13.4. The summed E-state index contributed by atoms with van der Waals surface area (Å²) in [6.07, 6.45) is 0.675. The monoisotopic (exact) mass is 270 g/mol. The third-order valence-electron chi connectivity index (χ3n) is 2.87. The molecule has 1 rings (SSSR count). The van der Waals surface area contributed by atoms with Gasteiger partial charge in [-0.15, -0.1) is 0 Å². The van der Waals surface area contributed by atoms with Crippen molar-refractivity contribution < 1.29 is 13.6 Å². The lowest BCUT2D eigenvalue weighted by Crippen LogP contribution is -2.35. The van der Waals surface area contributed by atoms with Crippen molar-refractivity contribution >= 4 is 5.91 Å². The summed E-state index contributed by atoms with van der Waals surface area (Å²) in [6.45, 7) is 4.22. The van der Waals surface area contributed by atoms with Crippen LogP contribution in [0.4, 0.5) is 8.78 Å². The van der Waals surface area contributed by atoms with Gasteiger partial charge in [-0.2, -0.15) is 0 Å². The van der Waals surface area contributed by atoms with Gasteiger partial charge in [0.1, 0.15) is 11.6 Å². The first-order valence-electron chi connectivity index (χ1n) is 6.35. The summed E-state index contributed by atoms with van der Waals surface area (Å²) in [4.78, 5) is 11.9. The van der Waals surface area contributed by atoms with Crippen LogP contribution in [0.15, 0.2) is 18.2 Å². The number of nitrogens with one attached hydrogen (secondary N) is 1. The topological polar surface area (TPSA) is 55.1 Å². The summed E-state index contributed by atoms with van der Waals surface area (Å²) in [7, 11) is 0. The van der Waals surface area contributed by atoms with Crippen LogP contribution >= 0.6 is 0 Å². The summed E-state index contributed by atoms with van der Waals surface area (Å²) in [5.74, 6) is -1.22. The van der Waals surface area contributed by atoms with Gasteiger partial charge in [0.05, 0.1) is 5.92 Å². The molecule has 0 heterocycles. The van der Waals surface area contributed by atoms with Crippen LogP contribution in [0.2, 0.25) is 0 Å². The predicted octanol–water partition coefficient (Wildman–Crippen LogP) is 2.20. The Hall–Kier alpha value is -1.49. The molecule has 5 heteroatoms. The Bertz CT molecular complexity index is 435. The van der Waals surface area contributed by atoms with Gasteiger partial charge in [-0.05, 0) is 30.5 Å². The van der Waals surface area contributed by atoms with Crippen LogP contribution < -0.4 is 11.1 Å². The lowest BCUT2D eigenvalue weighted by atomic mass is 9.96. The van der Waals surface area contributed by atoms with E-state index in [1.54, 1.807) is 0 Å². The molecule has 1 aromatic rings. The zero-order valence-corrected chi connectivity index (χ0v) is 11.2. The van der Waals surface area contributed by atoms with Gasteiger partial charge in [-0.1, -0.05) is 13.8 Å². The molecule has 1 unspecified atom stereocenters. The Balaban J connectivity index is 2.60. The SMILES string of the molecule is CC(C)CC(CN)C(=O)NCc1cc(F)ccc1F. The van der Waals surface area contributed by atoms with Gasteiger partial charge < -0.3 is 11.1 Å². The van der Waals surface area contributed by atoms with Crippen LogP contribution in [0.5, 0.6) is 0 Å². The molecule has 0 spiro atoms. The second-order valence-electron chi connectivity index (χ2n) is 5.02. The Morgan fingerprint density at radius 1 is 1.37 bits per heavy atom. The molecule has 0 aliphatic heterocycles. The predicted molar refractivity (Wildman–Crippen MR) is 70.2 cm³/mol. The maximum absolute atomic E-state index is 13.4. The smallest absolute Gasteiger partial charge is 0.224 e. The van der Waals surface area contributed by atoms with E-state index in [-0.39, 0.29) is 30.5 Å². The Morgan fingerprint density at radius 3 is 2.63 bits per heavy atom. The van der Waals surface area contributed by atoms with Crippen LogP contribution in [-0.4, -0.2) is 12.5 Å². The van der Waals surface area contributed by atoms with Crippen molar-refractivity contribution in [2.24, 2.45) is 17.6 Å². The Morgan fingerprint density at radius 2 is 2.05 bits per heavy atom.